The molecule has 0 saturated carbocycles. The first-order chi connectivity index (χ1) is 12.8. The van der Waals surface area contributed by atoms with Gasteiger partial charge in [-0.25, -0.2) is 8.42 Å². The molecular weight excluding hydrogens is 377 g/mol. The Bertz CT molecular complexity index is 956. The highest BCUT2D eigenvalue weighted by atomic mass is 32.2. The number of hydrogen-bond acceptors (Lipinski definition) is 4. The summed E-state index contributed by atoms with van der Waals surface area (Å²) in [5, 5.41) is 6.80. The lowest BCUT2D eigenvalue weighted by Gasteiger charge is -2.16. The van der Waals surface area contributed by atoms with Crippen LogP contribution in [-0.4, -0.2) is 27.5 Å². The van der Waals surface area contributed by atoms with E-state index >= 15 is 0 Å². The largest absolute Gasteiger partial charge is 0.416 e. The fourth-order valence-electron chi connectivity index (χ4n) is 3.89. The zero-order valence-electron chi connectivity index (χ0n) is 14.4. The van der Waals surface area contributed by atoms with Crippen molar-refractivity contribution in [2.24, 2.45) is 0 Å². The minimum Gasteiger partial charge on any atom is -0.381 e. The van der Waals surface area contributed by atoms with Crippen LogP contribution in [0, 0.1) is 0 Å². The van der Waals surface area contributed by atoms with E-state index in [0.717, 1.165) is 61.4 Å². The van der Waals surface area contributed by atoms with E-state index in [4.69, 9.17) is 0 Å². The molecule has 0 aliphatic carbocycles. The van der Waals surface area contributed by atoms with Gasteiger partial charge in [-0.3, -0.25) is 0 Å². The Morgan fingerprint density at radius 2 is 1.59 bits per heavy atom. The van der Waals surface area contributed by atoms with Crippen LogP contribution in [0.2, 0.25) is 0 Å². The van der Waals surface area contributed by atoms with Crippen LogP contribution in [0.25, 0.3) is 0 Å². The van der Waals surface area contributed by atoms with Crippen molar-refractivity contribution in [2.75, 3.05) is 18.4 Å². The van der Waals surface area contributed by atoms with E-state index in [9.17, 15) is 21.6 Å². The van der Waals surface area contributed by atoms with Crippen LogP contribution in [-0.2, 0) is 16.0 Å². The van der Waals surface area contributed by atoms with Crippen molar-refractivity contribution < 1.29 is 21.6 Å². The Balaban J connectivity index is 1.68. The SMILES string of the molecule is O=S(=O)(c1ccc(C(F)(F)F)cc1)c1ccc2c(c1)[C@H]1CCNCCC1N2. The normalized spacial score (nSPS) is 22.5. The van der Waals surface area contributed by atoms with Crippen LogP contribution in [0.3, 0.4) is 0 Å². The number of nitrogens with one attached hydrogen (secondary N) is 2. The molecule has 0 spiro atoms. The van der Waals surface area contributed by atoms with Gasteiger partial charge in [-0.15, -0.1) is 0 Å². The third-order valence-electron chi connectivity index (χ3n) is 5.32. The topological polar surface area (TPSA) is 58.2 Å². The molecular formula is C19H19F3N2O2S. The van der Waals surface area contributed by atoms with Crippen LogP contribution in [0.4, 0.5) is 18.9 Å². The highest BCUT2D eigenvalue weighted by Gasteiger charge is 2.34. The van der Waals surface area contributed by atoms with Gasteiger partial charge in [0, 0.05) is 17.6 Å². The number of hydrogen-bond donors (Lipinski definition) is 2. The number of rotatable bonds is 2. The molecule has 4 nitrogen and oxygen atoms in total. The van der Waals surface area contributed by atoms with Gasteiger partial charge >= 0.3 is 6.18 Å². The molecule has 1 unspecified atom stereocenters. The van der Waals surface area contributed by atoms with E-state index in [-0.39, 0.29) is 21.8 Å². The summed E-state index contributed by atoms with van der Waals surface area (Å²) >= 11 is 0. The molecule has 0 amide bonds. The van der Waals surface area contributed by atoms with Crippen molar-refractivity contribution in [3.8, 4) is 0 Å². The molecule has 2 aliphatic rings. The second-order valence-corrected chi connectivity index (χ2v) is 8.91. The number of fused-ring (bicyclic) bond motifs is 3. The second-order valence-electron chi connectivity index (χ2n) is 6.96. The Morgan fingerprint density at radius 1 is 0.926 bits per heavy atom. The van der Waals surface area contributed by atoms with Gasteiger partial charge in [-0.1, -0.05) is 0 Å². The van der Waals surface area contributed by atoms with Crippen LogP contribution in [0.15, 0.2) is 52.3 Å². The highest BCUT2D eigenvalue weighted by Crippen LogP contribution is 2.41. The summed E-state index contributed by atoms with van der Waals surface area (Å²) in [6, 6.07) is 8.86. The van der Waals surface area contributed by atoms with E-state index < -0.39 is 21.6 Å². The van der Waals surface area contributed by atoms with Crippen molar-refractivity contribution in [3.63, 3.8) is 0 Å². The van der Waals surface area contributed by atoms with Crippen molar-refractivity contribution in [2.45, 2.75) is 40.8 Å². The lowest BCUT2D eigenvalue weighted by atomic mass is 9.91. The van der Waals surface area contributed by atoms with Gasteiger partial charge in [0.05, 0.1) is 15.4 Å². The lowest BCUT2D eigenvalue weighted by molar-refractivity contribution is -0.137. The Kier molecular flexibility index (Phi) is 4.43. The van der Waals surface area contributed by atoms with Gasteiger partial charge < -0.3 is 10.6 Å². The fraction of sp³-hybridized carbons (Fsp3) is 0.368. The molecule has 2 N–H and O–H groups in total. The van der Waals surface area contributed by atoms with Gasteiger partial charge in [0.1, 0.15) is 0 Å². The predicted molar refractivity (Wildman–Crippen MR) is 95.6 cm³/mol. The molecule has 2 heterocycles. The molecule has 2 atom stereocenters. The summed E-state index contributed by atoms with van der Waals surface area (Å²) in [6.07, 6.45) is -2.63. The summed E-state index contributed by atoms with van der Waals surface area (Å²) in [5.41, 5.74) is 1.04. The Hall–Kier alpha value is -2.06. The molecule has 2 aromatic carbocycles. The van der Waals surface area contributed by atoms with Crippen molar-refractivity contribution in [1.29, 1.82) is 0 Å². The Labute approximate surface area is 155 Å². The van der Waals surface area contributed by atoms with Crippen LogP contribution >= 0.6 is 0 Å². The molecule has 2 aliphatic heterocycles. The highest BCUT2D eigenvalue weighted by molar-refractivity contribution is 7.91. The molecule has 1 fully saturated rings. The fourth-order valence-corrected chi connectivity index (χ4v) is 5.19. The quantitative estimate of drug-likeness (QED) is 0.811. The average molecular weight is 396 g/mol. The van der Waals surface area contributed by atoms with E-state index in [1.807, 2.05) is 0 Å². The number of sulfone groups is 1. The van der Waals surface area contributed by atoms with E-state index in [0.29, 0.717) is 0 Å². The third kappa shape index (κ3) is 3.32. The van der Waals surface area contributed by atoms with Crippen LogP contribution in [0.5, 0.6) is 0 Å². The number of alkyl halides is 3. The molecule has 1 saturated heterocycles. The number of halogens is 3. The van der Waals surface area contributed by atoms with Crippen molar-refractivity contribution in [3.05, 3.63) is 53.6 Å². The summed E-state index contributed by atoms with van der Waals surface area (Å²) < 4.78 is 64.0. The summed E-state index contributed by atoms with van der Waals surface area (Å²) in [4.78, 5) is -0.0267. The van der Waals surface area contributed by atoms with Gasteiger partial charge in [0.25, 0.3) is 0 Å². The van der Waals surface area contributed by atoms with Gasteiger partial charge in [-0.2, -0.15) is 13.2 Å². The minimum absolute atomic E-state index is 0.112. The first-order valence-corrected chi connectivity index (χ1v) is 10.3. The zero-order valence-corrected chi connectivity index (χ0v) is 15.2. The van der Waals surface area contributed by atoms with Crippen LogP contribution < -0.4 is 10.6 Å². The molecule has 0 radical (unpaired) electrons. The van der Waals surface area contributed by atoms with Crippen LogP contribution in [0.1, 0.15) is 29.9 Å². The van der Waals surface area contributed by atoms with Crippen molar-refractivity contribution >= 4 is 15.5 Å². The average Bonchev–Trinajstić information content (AvgIpc) is 2.81. The molecule has 4 rings (SSSR count). The van der Waals surface area contributed by atoms with E-state index in [1.165, 1.54) is 6.07 Å². The minimum atomic E-state index is -4.50. The maximum absolute atomic E-state index is 12.9. The van der Waals surface area contributed by atoms with Gasteiger partial charge in [0.15, 0.2) is 0 Å². The predicted octanol–water partition coefficient (Wildman–Crippen LogP) is 3.80. The molecule has 2 aromatic rings. The zero-order chi connectivity index (χ0) is 19.2. The molecule has 8 heteroatoms. The summed E-state index contributed by atoms with van der Waals surface area (Å²) in [7, 11) is -3.88. The molecule has 0 aromatic heterocycles. The Morgan fingerprint density at radius 3 is 2.30 bits per heavy atom. The second kappa shape index (κ2) is 6.53. The van der Waals surface area contributed by atoms with Gasteiger partial charge in [0.2, 0.25) is 9.84 Å². The van der Waals surface area contributed by atoms with E-state index in [2.05, 4.69) is 10.6 Å². The van der Waals surface area contributed by atoms with Crippen molar-refractivity contribution in [1.82, 2.24) is 5.32 Å². The lowest BCUT2D eigenvalue weighted by Crippen LogP contribution is -2.21. The monoisotopic (exact) mass is 396 g/mol. The number of anilines is 1. The molecule has 0 bridgehead atoms. The van der Waals surface area contributed by atoms with Gasteiger partial charge in [-0.05, 0) is 74.0 Å². The third-order valence-corrected chi connectivity index (χ3v) is 7.08. The van der Waals surface area contributed by atoms with E-state index in [1.54, 1.807) is 12.1 Å². The molecule has 27 heavy (non-hydrogen) atoms. The first kappa shape index (κ1) is 18.3. The molecule has 144 valence electrons. The summed E-state index contributed by atoms with van der Waals surface area (Å²) in [5.74, 6) is 0.234. The standard InChI is InChI=1S/C19H19F3N2O2S/c20-19(21,22)12-1-3-13(4-2-12)27(25,26)14-5-6-17-16(11-14)15-7-9-23-10-8-18(15)24-17/h1-6,11,15,18,23-24H,7-10H2/t15-,18?/m1/s1. The maximum atomic E-state index is 12.9. The number of benzene rings is 2. The maximum Gasteiger partial charge on any atom is 0.416 e. The first-order valence-electron chi connectivity index (χ1n) is 8.80. The summed E-state index contributed by atoms with van der Waals surface area (Å²) in [6.45, 7) is 1.79. The smallest absolute Gasteiger partial charge is 0.381 e.